The van der Waals surface area contributed by atoms with E-state index in [9.17, 15) is 14.3 Å². The number of benzene rings is 1. The number of aliphatic hydroxyl groups excluding tert-OH is 1. The highest BCUT2D eigenvalue weighted by molar-refractivity contribution is 6.30. The van der Waals surface area contributed by atoms with Crippen LogP contribution in [0.4, 0.5) is 4.39 Å². The summed E-state index contributed by atoms with van der Waals surface area (Å²) in [5.41, 5.74) is 0.490. The number of esters is 1. The van der Waals surface area contributed by atoms with Gasteiger partial charge in [-0.05, 0) is 30.5 Å². The van der Waals surface area contributed by atoms with E-state index >= 15 is 0 Å². The average Bonchev–Trinajstić information content (AvgIpc) is 2.36. The molecule has 1 aromatic carbocycles. The third-order valence-electron chi connectivity index (χ3n) is 2.42. The van der Waals surface area contributed by atoms with E-state index in [0.717, 1.165) is 6.42 Å². The van der Waals surface area contributed by atoms with Crippen LogP contribution in [0, 0.1) is 5.82 Å². The normalized spacial score (nSPS) is 12.2. The lowest BCUT2D eigenvalue weighted by Gasteiger charge is -2.11. The predicted molar refractivity (Wildman–Crippen MR) is 66.9 cm³/mol. The number of hydrogen-bond acceptors (Lipinski definition) is 3. The van der Waals surface area contributed by atoms with Crippen molar-refractivity contribution in [1.82, 2.24) is 0 Å². The first-order chi connectivity index (χ1) is 8.54. The molecule has 0 aliphatic heterocycles. The standard InChI is InChI=1S/C13H16ClFO3/c1-2-7-18-13(17)6-5-12(16)9-3-4-11(15)10(14)8-9/h3-4,8,12,16H,2,5-7H2,1H3. The molecule has 0 fully saturated rings. The molecule has 1 rings (SSSR count). The molecule has 0 saturated carbocycles. The van der Waals surface area contributed by atoms with Gasteiger partial charge in [-0.3, -0.25) is 4.79 Å². The molecule has 0 spiro atoms. The second-order valence-corrected chi connectivity index (χ2v) is 4.36. The Morgan fingerprint density at radius 2 is 2.28 bits per heavy atom. The summed E-state index contributed by atoms with van der Waals surface area (Å²) >= 11 is 5.61. The second-order valence-electron chi connectivity index (χ2n) is 3.95. The maximum atomic E-state index is 12.9. The molecule has 1 N–H and O–H groups in total. The van der Waals surface area contributed by atoms with Gasteiger partial charge in [-0.1, -0.05) is 24.6 Å². The first-order valence-electron chi connectivity index (χ1n) is 5.83. The van der Waals surface area contributed by atoms with Crippen molar-refractivity contribution in [3.63, 3.8) is 0 Å². The Morgan fingerprint density at radius 3 is 2.89 bits per heavy atom. The highest BCUT2D eigenvalue weighted by atomic mass is 35.5. The second kappa shape index (κ2) is 7.34. The lowest BCUT2D eigenvalue weighted by molar-refractivity contribution is -0.144. The van der Waals surface area contributed by atoms with Crippen LogP contribution < -0.4 is 0 Å². The van der Waals surface area contributed by atoms with Gasteiger partial charge >= 0.3 is 5.97 Å². The minimum atomic E-state index is -0.850. The molecular weight excluding hydrogens is 259 g/mol. The maximum absolute atomic E-state index is 12.9. The van der Waals surface area contributed by atoms with E-state index < -0.39 is 11.9 Å². The van der Waals surface area contributed by atoms with E-state index in [1.165, 1.54) is 18.2 Å². The molecule has 100 valence electrons. The molecule has 0 aliphatic carbocycles. The third kappa shape index (κ3) is 4.63. The van der Waals surface area contributed by atoms with Crippen LogP contribution in [0.3, 0.4) is 0 Å². The Morgan fingerprint density at radius 1 is 1.56 bits per heavy atom. The van der Waals surface area contributed by atoms with Crippen LogP contribution in [-0.2, 0) is 9.53 Å². The molecule has 0 aliphatic rings. The average molecular weight is 275 g/mol. The number of hydrogen-bond donors (Lipinski definition) is 1. The molecule has 0 bridgehead atoms. The molecule has 0 amide bonds. The Hall–Kier alpha value is -1.13. The van der Waals surface area contributed by atoms with Gasteiger partial charge in [-0.2, -0.15) is 0 Å². The lowest BCUT2D eigenvalue weighted by atomic mass is 10.1. The SMILES string of the molecule is CCCOC(=O)CCC(O)c1ccc(F)c(Cl)c1. The molecular formula is C13H16ClFO3. The van der Waals surface area contributed by atoms with Gasteiger partial charge < -0.3 is 9.84 Å². The van der Waals surface area contributed by atoms with Gasteiger partial charge in [0.1, 0.15) is 5.82 Å². The number of carbonyl (C=O) groups is 1. The summed E-state index contributed by atoms with van der Waals surface area (Å²) in [6.45, 7) is 2.29. The fourth-order valence-corrected chi connectivity index (χ4v) is 1.62. The summed E-state index contributed by atoms with van der Waals surface area (Å²) in [7, 11) is 0. The van der Waals surface area contributed by atoms with E-state index in [2.05, 4.69) is 0 Å². The monoisotopic (exact) mass is 274 g/mol. The summed E-state index contributed by atoms with van der Waals surface area (Å²) in [4.78, 5) is 11.2. The zero-order valence-electron chi connectivity index (χ0n) is 10.2. The van der Waals surface area contributed by atoms with Crippen molar-refractivity contribution >= 4 is 17.6 Å². The first-order valence-corrected chi connectivity index (χ1v) is 6.21. The van der Waals surface area contributed by atoms with E-state index in [-0.39, 0.29) is 23.8 Å². The van der Waals surface area contributed by atoms with Crippen molar-refractivity contribution in [2.75, 3.05) is 6.61 Å². The topological polar surface area (TPSA) is 46.5 Å². The quantitative estimate of drug-likeness (QED) is 0.810. The molecule has 1 atom stereocenters. The number of halogens is 2. The van der Waals surface area contributed by atoms with Gasteiger partial charge in [0.15, 0.2) is 0 Å². The summed E-state index contributed by atoms with van der Waals surface area (Å²) in [5, 5.41) is 9.78. The minimum absolute atomic E-state index is 0.0416. The van der Waals surface area contributed by atoms with Gasteiger partial charge in [0, 0.05) is 6.42 Å². The van der Waals surface area contributed by atoms with Crippen molar-refractivity contribution < 1.29 is 19.0 Å². The third-order valence-corrected chi connectivity index (χ3v) is 2.71. The van der Waals surface area contributed by atoms with Crippen LogP contribution >= 0.6 is 11.6 Å². The molecule has 5 heteroatoms. The molecule has 0 heterocycles. The van der Waals surface area contributed by atoms with E-state index in [1.807, 2.05) is 6.92 Å². The van der Waals surface area contributed by atoms with Gasteiger partial charge in [-0.25, -0.2) is 4.39 Å². The van der Waals surface area contributed by atoms with Gasteiger partial charge in [0.2, 0.25) is 0 Å². The molecule has 0 saturated heterocycles. The molecule has 0 radical (unpaired) electrons. The van der Waals surface area contributed by atoms with Crippen LogP contribution in [0.2, 0.25) is 5.02 Å². The minimum Gasteiger partial charge on any atom is -0.466 e. The van der Waals surface area contributed by atoms with E-state index in [1.54, 1.807) is 0 Å². The van der Waals surface area contributed by atoms with Crippen molar-refractivity contribution in [2.45, 2.75) is 32.3 Å². The fourth-order valence-electron chi connectivity index (χ4n) is 1.43. The summed E-state index contributed by atoms with van der Waals surface area (Å²) < 4.78 is 17.8. The van der Waals surface area contributed by atoms with Crippen LogP contribution in [0.1, 0.15) is 37.9 Å². The summed E-state index contributed by atoms with van der Waals surface area (Å²) in [6, 6.07) is 4.00. The van der Waals surface area contributed by atoms with E-state index in [0.29, 0.717) is 12.2 Å². The molecule has 1 unspecified atom stereocenters. The van der Waals surface area contributed by atoms with Gasteiger partial charge in [-0.15, -0.1) is 0 Å². The molecule has 1 aromatic rings. The molecule has 0 aromatic heterocycles. The van der Waals surface area contributed by atoms with Crippen LogP contribution in [0.25, 0.3) is 0 Å². The number of aliphatic hydroxyl groups is 1. The van der Waals surface area contributed by atoms with Crippen molar-refractivity contribution in [2.24, 2.45) is 0 Å². The number of carbonyl (C=O) groups excluding carboxylic acids is 1. The van der Waals surface area contributed by atoms with E-state index in [4.69, 9.17) is 16.3 Å². The largest absolute Gasteiger partial charge is 0.466 e. The van der Waals surface area contributed by atoms with Crippen molar-refractivity contribution in [3.05, 3.63) is 34.6 Å². The zero-order valence-corrected chi connectivity index (χ0v) is 10.9. The predicted octanol–water partition coefficient (Wildman–Crippen LogP) is 3.25. The Labute approximate surface area is 111 Å². The lowest BCUT2D eigenvalue weighted by Crippen LogP contribution is -2.08. The highest BCUT2D eigenvalue weighted by Gasteiger charge is 2.12. The number of rotatable bonds is 6. The first kappa shape index (κ1) is 14.9. The van der Waals surface area contributed by atoms with Gasteiger partial charge in [0.25, 0.3) is 0 Å². The summed E-state index contributed by atoms with van der Waals surface area (Å²) in [5.74, 6) is -0.876. The molecule has 18 heavy (non-hydrogen) atoms. The fraction of sp³-hybridized carbons (Fsp3) is 0.462. The van der Waals surface area contributed by atoms with Crippen molar-refractivity contribution in [3.8, 4) is 0 Å². The Balaban J connectivity index is 2.47. The zero-order chi connectivity index (χ0) is 13.5. The highest BCUT2D eigenvalue weighted by Crippen LogP contribution is 2.23. The van der Waals surface area contributed by atoms with Crippen LogP contribution in [0.15, 0.2) is 18.2 Å². The van der Waals surface area contributed by atoms with Crippen LogP contribution in [-0.4, -0.2) is 17.7 Å². The smallest absolute Gasteiger partial charge is 0.305 e. The maximum Gasteiger partial charge on any atom is 0.305 e. The summed E-state index contributed by atoms with van der Waals surface area (Å²) in [6.07, 6.45) is 0.264. The molecule has 3 nitrogen and oxygen atoms in total. The van der Waals surface area contributed by atoms with Crippen LogP contribution in [0.5, 0.6) is 0 Å². The van der Waals surface area contributed by atoms with Crippen molar-refractivity contribution in [1.29, 1.82) is 0 Å². The van der Waals surface area contributed by atoms with Gasteiger partial charge in [0.05, 0.1) is 17.7 Å². The Kier molecular flexibility index (Phi) is 6.09. The number of ether oxygens (including phenoxy) is 1. The Bertz CT molecular complexity index is 409.